The summed E-state index contributed by atoms with van der Waals surface area (Å²) < 4.78 is 0. The van der Waals surface area contributed by atoms with Crippen molar-refractivity contribution < 1.29 is 10.2 Å². The first-order valence-corrected chi connectivity index (χ1v) is 5.88. The predicted molar refractivity (Wildman–Crippen MR) is 47.9 cm³/mol. The quantitative estimate of drug-likeness (QED) is 0.573. The van der Waals surface area contributed by atoms with E-state index < -0.39 is 12.2 Å². The van der Waals surface area contributed by atoms with E-state index in [0.717, 1.165) is 18.3 Å². The normalized spacial score (nSPS) is 62.5. The number of hydrogen-bond acceptors (Lipinski definition) is 3. The van der Waals surface area contributed by atoms with Crippen molar-refractivity contribution in [1.82, 2.24) is 0 Å². The van der Waals surface area contributed by atoms with Gasteiger partial charge in [-0.05, 0) is 41.6 Å². The fourth-order valence-electron chi connectivity index (χ4n) is 3.43. The molecule has 2 N–H and O–H groups in total. The molecule has 1 saturated heterocycles. The lowest BCUT2D eigenvalue weighted by Gasteiger charge is -2.31. The molecular formula is C9H14O2S. The monoisotopic (exact) mass is 186 g/mol. The first kappa shape index (κ1) is 7.65. The Labute approximate surface area is 76.4 Å². The lowest BCUT2D eigenvalue weighted by molar-refractivity contribution is -0.0460. The number of rotatable bonds is 0. The highest BCUT2D eigenvalue weighted by molar-refractivity contribution is 7.99. The van der Waals surface area contributed by atoms with Crippen LogP contribution in [0.25, 0.3) is 0 Å². The Bertz CT molecular complexity index is 189. The third kappa shape index (κ3) is 0.751. The van der Waals surface area contributed by atoms with Gasteiger partial charge in [0.05, 0.1) is 12.2 Å². The lowest BCUT2D eigenvalue weighted by atomic mass is 9.79. The fraction of sp³-hybridized carbons (Fsp3) is 1.00. The van der Waals surface area contributed by atoms with Crippen LogP contribution >= 0.6 is 11.8 Å². The molecule has 68 valence electrons. The highest BCUT2D eigenvalue weighted by Crippen LogP contribution is 2.57. The Balaban J connectivity index is 1.92. The molecule has 3 heteroatoms. The topological polar surface area (TPSA) is 40.5 Å². The summed E-state index contributed by atoms with van der Waals surface area (Å²) in [6.45, 7) is 0. The van der Waals surface area contributed by atoms with Gasteiger partial charge in [0.15, 0.2) is 0 Å². The van der Waals surface area contributed by atoms with E-state index in [0.29, 0.717) is 11.8 Å². The van der Waals surface area contributed by atoms with E-state index in [1.807, 2.05) is 11.8 Å². The molecule has 3 fully saturated rings. The van der Waals surface area contributed by atoms with Crippen LogP contribution in [-0.4, -0.2) is 33.9 Å². The summed E-state index contributed by atoms with van der Waals surface area (Å²) in [7, 11) is 0. The maximum Gasteiger partial charge on any atom is 0.0833 e. The van der Waals surface area contributed by atoms with Crippen molar-refractivity contribution in [2.75, 3.05) is 11.5 Å². The molecule has 0 unspecified atom stereocenters. The third-order valence-electron chi connectivity index (χ3n) is 4.04. The van der Waals surface area contributed by atoms with E-state index in [4.69, 9.17) is 0 Å². The summed E-state index contributed by atoms with van der Waals surface area (Å²) >= 11 is 2.00. The second-order valence-electron chi connectivity index (χ2n) is 4.41. The van der Waals surface area contributed by atoms with Gasteiger partial charge in [0.25, 0.3) is 0 Å². The molecule has 3 rings (SSSR count). The van der Waals surface area contributed by atoms with Crippen molar-refractivity contribution in [3.05, 3.63) is 0 Å². The Morgan fingerprint density at radius 2 is 1.33 bits per heavy atom. The van der Waals surface area contributed by atoms with Crippen LogP contribution in [0.3, 0.4) is 0 Å². The van der Waals surface area contributed by atoms with Gasteiger partial charge < -0.3 is 10.2 Å². The van der Waals surface area contributed by atoms with Crippen LogP contribution in [0.15, 0.2) is 0 Å². The van der Waals surface area contributed by atoms with Crippen LogP contribution in [0.1, 0.15) is 6.42 Å². The largest absolute Gasteiger partial charge is 0.390 e. The van der Waals surface area contributed by atoms with Gasteiger partial charge in [0.2, 0.25) is 0 Å². The van der Waals surface area contributed by atoms with E-state index >= 15 is 0 Å². The smallest absolute Gasteiger partial charge is 0.0833 e. The van der Waals surface area contributed by atoms with Gasteiger partial charge in [-0.25, -0.2) is 0 Å². The van der Waals surface area contributed by atoms with Gasteiger partial charge in [-0.2, -0.15) is 11.8 Å². The molecule has 3 aliphatic rings. The second kappa shape index (κ2) is 2.40. The minimum absolute atomic E-state index is 0.407. The molecule has 0 aromatic heterocycles. The maximum atomic E-state index is 9.68. The summed E-state index contributed by atoms with van der Waals surface area (Å²) in [4.78, 5) is 0. The molecule has 0 aromatic rings. The number of thioether (sulfide) groups is 1. The van der Waals surface area contributed by atoms with Gasteiger partial charge in [-0.1, -0.05) is 0 Å². The summed E-state index contributed by atoms with van der Waals surface area (Å²) in [6, 6.07) is 0. The van der Waals surface area contributed by atoms with Gasteiger partial charge in [-0.3, -0.25) is 0 Å². The summed E-state index contributed by atoms with van der Waals surface area (Å²) in [5, 5.41) is 19.4. The first-order chi connectivity index (χ1) is 5.79. The Hall–Kier alpha value is 0.270. The van der Waals surface area contributed by atoms with E-state index in [1.54, 1.807) is 0 Å². The van der Waals surface area contributed by atoms with E-state index in [2.05, 4.69) is 0 Å². The van der Waals surface area contributed by atoms with Gasteiger partial charge >= 0.3 is 0 Å². The van der Waals surface area contributed by atoms with Crippen LogP contribution in [0.4, 0.5) is 0 Å². The number of aliphatic hydroxyl groups is 2. The predicted octanol–water partition coefficient (Wildman–Crippen LogP) is 0.337. The minimum Gasteiger partial charge on any atom is -0.390 e. The van der Waals surface area contributed by atoms with Gasteiger partial charge in [0.1, 0.15) is 0 Å². The molecule has 1 aliphatic heterocycles. The van der Waals surface area contributed by atoms with Crippen LogP contribution in [0, 0.1) is 23.7 Å². The fourth-order valence-corrected chi connectivity index (χ4v) is 5.09. The number of hydrogen-bond donors (Lipinski definition) is 2. The van der Waals surface area contributed by atoms with Crippen LogP contribution in [0.5, 0.6) is 0 Å². The highest BCUT2D eigenvalue weighted by atomic mass is 32.2. The molecule has 1 heterocycles. The molecule has 0 spiro atoms. The summed E-state index contributed by atoms with van der Waals surface area (Å²) in [5.41, 5.74) is 0. The zero-order valence-electron chi connectivity index (χ0n) is 6.89. The Kier molecular flexibility index (Phi) is 1.53. The average molecular weight is 186 g/mol. The van der Waals surface area contributed by atoms with Crippen LogP contribution in [0.2, 0.25) is 0 Å². The standard InChI is InChI=1S/C9H14O2S/c10-8-4-1-5(9(8)11)7-3-12-2-6(4)7/h4-11H,1-3H2/t4-,5-,6-,7+,8-,9+/m0/s1. The summed E-state index contributed by atoms with van der Waals surface area (Å²) in [6.07, 6.45) is 0.267. The van der Waals surface area contributed by atoms with Gasteiger partial charge in [-0.15, -0.1) is 0 Å². The van der Waals surface area contributed by atoms with Crippen molar-refractivity contribution in [3.8, 4) is 0 Å². The van der Waals surface area contributed by atoms with Gasteiger partial charge in [0, 0.05) is 0 Å². The first-order valence-electron chi connectivity index (χ1n) is 4.73. The minimum atomic E-state index is -0.407. The molecule has 2 aliphatic carbocycles. The van der Waals surface area contributed by atoms with E-state index in [1.165, 1.54) is 11.5 Å². The van der Waals surface area contributed by atoms with Crippen LogP contribution in [-0.2, 0) is 0 Å². The molecule has 6 atom stereocenters. The molecular weight excluding hydrogens is 172 g/mol. The van der Waals surface area contributed by atoms with Crippen molar-refractivity contribution in [2.45, 2.75) is 18.6 Å². The second-order valence-corrected chi connectivity index (χ2v) is 5.48. The maximum absolute atomic E-state index is 9.68. The third-order valence-corrected chi connectivity index (χ3v) is 5.28. The lowest BCUT2D eigenvalue weighted by Crippen LogP contribution is -2.41. The Morgan fingerprint density at radius 3 is 1.83 bits per heavy atom. The summed E-state index contributed by atoms with van der Waals surface area (Å²) in [5.74, 6) is 4.72. The highest BCUT2D eigenvalue weighted by Gasteiger charge is 2.58. The zero-order valence-corrected chi connectivity index (χ0v) is 7.70. The van der Waals surface area contributed by atoms with E-state index in [-0.39, 0.29) is 0 Å². The number of fused-ring (bicyclic) bond motifs is 5. The van der Waals surface area contributed by atoms with Crippen molar-refractivity contribution in [1.29, 1.82) is 0 Å². The van der Waals surface area contributed by atoms with Crippen molar-refractivity contribution in [3.63, 3.8) is 0 Å². The SMILES string of the molecule is O[C@@H]1[C@H](O)[C@H]2C[C@H]1[C@@H]1CSC[C@@H]12. The van der Waals surface area contributed by atoms with Crippen molar-refractivity contribution >= 4 is 11.8 Å². The van der Waals surface area contributed by atoms with Crippen molar-refractivity contribution in [2.24, 2.45) is 23.7 Å². The molecule has 2 bridgehead atoms. The Morgan fingerprint density at radius 1 is 0.833 bits per heavy atom. The van der Waals surface area contributed by atoms with Crippen LogP contribution < -0.4 is 0 Å². The molecule has 2 saturated carbocycles. The average Bonchev–Trinajstić information content (AvgIpc) is 2.63. The zero-order chi connectivity index (χ0) is 8.29. The number of aliphatic hydroxyl groups excluding tert-OH is 2. The molecule has 2 nitrogen and oxygen atoms in total. The molecule has 12 heavy (non-hydrogen) atoms. The molecule has 0 radical (unpaired) electrons. The molecule has 0 aromatic carbocycles. The van der Waals surface area contributed by atoms with E-state index in [9.17, 15) is 10.2 Å². The molecule has 0 amide bonds.